The van der Waals surface area contributed by atoms with Gasteiger partial charge in [-0.05, 0) is 31.9 Å². The molecule has 0 saturated heterocycles. The number of aryl methyl sites for hydroxylation is 1. The van der Waals surface area contributed by atoms with Gasteiger partial charge in [-0.15, -0.1) is 0 Å². The van der Waals surface area contributed by atoms with Crippen molar-refractivity contribution in [2.45, 2.75) is 32.9 Å². The van der Waals surface area contributed by atoms with Gasteiger partial charge in [0.25, 0.3) is 0 Å². The SMILES string of the molecule is Cc1ccccc1[C@H](C)NC(C)c1cnccn1. The van der Waals surface area contributed by atoms with E-state index in [0.717, 1.165) is 5.69 Å². The van der Waals surface area contributed by atoms with Gasteiger partial charge in [-0.1, -0.05) is 24.3 Å². The number of hydrogen-bond acceptors (Lipinski definition) is 3. The van der Waals surface area contributed by atoms with Crippen molar-refractivity contribution in [2.24, 2.45) is 0 Å². The van der Waals surface area contributed by atoms with Gasteiger partial charge in [0.2, 0.25) is 0 Å². The normalized spacial score (nSPS) is 14.2. The smallest absolute Gasteiger partial charge is 0.0753 e. The molecule has 0 aliphatic heterocycles. The Morgan fingerprint density at radius 1 is 1.06 bits per heavy atom. The zero-order chi connectivity index (χ0) is 13.0. The molecule has 0 saturated carbocycles. The molecule has 94 valence electrons. The Hall–Kier alpha value is -1.74. The zero-order valence-electron chi connectivity index (χ0n) is 11.1. The molecule has 2 atom stereocenters. The second kappa shape index (κ2) is 5.74. The average molecular weight is 241 g/mol. The first-order valence-electron chi connectivity index (χ1n) is 6.26. The van der Waals surface area contributed by atoms with Crippen molar-refractivity contribution in [2.75, 3.05) is 0 Å². The molecule has 0 fully saturated rings. The fourth-order valence-corrected chi connectivity index (χ4v) is 2.16. The molecule has 0 amide bonds. The monoisotopic (exact) mass is 241 g/mol. The molecule has 1 unspecified atom stereocenters. The van der Waals surface area contributed by atoms with Crippen LogP contribution in [0.5, 0.6) is 0 Å². The summed E-state index contributed by atoms with van der Waals surface area (Å²) in [6.07, 6.45) is 5.23. The number of aromatic nitrogens is 2. The molecule has 0 bridgehead atoms. The minimum atomic E-state index is 0.188. The molecule has 1 N–H and O–H groups in total. The fourth-order valence-electron chi connectivity index (χ4n) is 2.16. The largest absolute Gasteiger partial charge is 0.302 e. The standard InChI is InChI=1S/C15H19N3/c1-11-6-4-5-7-14(11)12(2)18-13(3)15-10-16-8-9-17-15/h4-10,12-13,18H,1-3H3/t12-,13?/m0/s1. The summed E-state index contributed by atoms with van der Waals surface area (Å²) < 4.78 is 0. The zero-order valence-corrected chi connectivity index (χ0v) is 11.1. The Labute approximate surface area is 108 Å². The minimum Gasteiger partial charge on any atom is -0.302 e. The van der Waals surface area contributed by atoms with Crippen LogP contribution in [0.25, 0.3) is 0 Å². The van der Waals surface area contributed by atoms with E-state index < -0.39 is 0 Å². The number of nitrogens with zero attached hydrogens (tertiary/aromatic N) is 2. The molecule has 3 nitrogen and oxygen atoms in total. The predicted molar refractivity (Wildman–Crippen MR) is 73.2 cm³/mol. The molecular formula is C15H19N3. The van der Waals surface area contributed by atoms with Crippen molar-refractivity contribution in [3.05, 3.63) is 59.7 Å². The Morgan fingerprint density at radius 3 is 2.50 bits per heavy atom. The fraction of sp³-hybridized carbons (Fsp3) is 0.333. The van der Waals surface area contributed by atoms with Gasteiger partial charge < -0.3 is 5.32 Å². The summed E-state index contributed by atoms with van der Waals surface area (Å²) in [5.41, 5.74) is 3.61. The minimum absolute atomic E-state index is 0.188. The quantitative estimate of drug-likeness (QED) is 0.893. The maximum atomic E-state index is 4.32. The molecule has 3 heteroatoms. The molecule has 0 aliphatic rings. The number of rotatable bonds is 4. The van der Waals surface area contributed by atoms with E-state index in [1.807, 2.05) is 6.20 Å². The van der Waals surface area contributed by atoms with Gasteiger partial charge in [-0.25, -0.2) is 0 Å². The lowest BCUT2D eigenvalue weighted by atomic mass is 10.0. The van der Waals surface area contributed by atoms with E-state index in [1.165, 1.54) is 11.1 Å². The summed E-state index contributed by atoms with van der Waals surface area (Å²) in [5.74, 6) is 0. The highest BCUT2D eigenvalue weighted by Crippen LogP contribution is 2.20. The summed E-state index contributed by atoms with van der Waals surface area (Å²) in [6, 6.07) is 8.93. The first-order valence-corrected chi connectivity index (χ1v) is 6.26. The van der Waals surface area contributed by atoms with E-state index in [1.54, 1.807) is 12.4 Å². The summed E-state index contributed by atoms with van der Waals surface area (Å²) in [5, 5.41) is 3.55. The van der Waals surface area contributed by atoms with E-state index in [4.69, 9.17) is 0 Å². The van der Waals surface area contributed by atoms with E-state index in [2.05, 4.69) is 60.3 Å². The third kappa shape index (κ3) is 2.93. The van der Waals surface area contributed by atoms with Crippen LogP contribution >= 0.6 is 0 Å². The van der Waals surface area contributed by atoms with Gasteiger partial charge in [0.05, 0.1) is 5.69 Å². The highest BCUT2D eigenvalue weighted by molar-refractivity contribution is 5.28. The summed E-state index contributed by atoms with van der Waals surface area (Å²) >= 11 is 0. The van der Waals surface area contributed by atoms with Crippen molar-refractivity contribution < 1.29 is 0 Å². The number of benzene rings is 1. The molecule has 1 heterocycles. The van der Waals surface area contributed by atoms with Crippen LogP contribution in [0, 0.1) is 6.92 Å². The topological polar surface area (TPSA) is 37.8 Å². The van der Waals surface area contributed by atoms with Crippen LogP contribution in [-0.4, -0.2) is 9.97 Å². The van der Waals surface area contributed by atoms with E-state index in [0.29, 0.717) is 6.04 Å². The summed E-state index contributed by atoms with van der Waals surface area (Å²) in [7, 11) is 0. The maximum absolute atomic E-state index is 4.32. The van der Waals surface area contributed by atoms with Crippen molar-refractivity contribution in [1.82, 2.24) is 15.3 Å². The molecular weight excluding hydrogens is 222 g/mol. The van der Waals surface area contributed by atoms with Gasteiger partial charge >= 0.3 is 0 Å². The van der Waals surface area contributed by atoms with E-state index in [-0.39, 0.29) is 6.04 Å². The van der Waals surface area contributed by atoms with Gasteiger partial charge in [-0.3, -0.25) is 9.97 Å². The third-order valence-corrected chi connectivity index (χ3v) is 3.18. The molecule has 2 aromatic rings. The second-order valence-corrected chi connectivity index (χ2v) is 4.60. The van der Waals surface area contributed by atoms with Crippen molar-refractivity contribution >= 4 is 0 Å². The second-order valence-electron chi connectivity index (χ2n) is 4.60. The predicted octanol–water partition coefficient (Wildman–Crippen LogP) is 3.20. The molecule has 18 heavy (non-hydrogen) atoms. The molecule has 1 aromatic heterocycles. The van der Waals surface area contributed by atoms with Crippen molar-refractivity contribution in [3.63, 3.8) is 0 Å². The lowest BCUT2D eigenvalue weighted by molar-refractivity contribution is 0.483. The van der Waals surface area contributed by atoms with Gasteiger partial charge in [0.1, 0.15) is 0 Å². The van der Waals surface area contributed by atoms with Gasteiger partial charge in [-0.2, -0.15) is 0 Å². The Kier molecular flexibility index (Phi) is 4.05. The van der Waals surface area contributed by atoms with Gasteiger partial charge in [0.15, 0.2) is 0 Å². The van der Waals surface area contributed by atoms with Crippen molar-refractivity contribution in [1.29, 1.82) is 0 Å². The first-order chi connectivity index (χ1) is 8.68. The van der Waals surface area contributed by atoms with Crippen LogP contribution in [0.15, 0.2) is 42.9 Å². The third-order valence-electron chi connectivity index (χ3n) is 3.18. The van der Waals surface area contributed by atoms with Crippen LogP contribution in [-0.2, 0) is 0 Å². The van der Waals surface area contributed by atoms with Crippen LogP contribution < -0.4 is 5.32 Å². The van der Waals surface area contributed by atoms with Crippen LogP contribution in [0.2, 0.25) is 0 Å². The van der Waals surface area contributed by atoms with Crippen molar-refractivity contribution in [3.8, 4) is 0 Å². The highest BCUT2D eigenvalue weighted by Gasteiger charge is 2.13. The van der Waals surface area contributed by atoms with E-state index in [9.17, 15) is 0 Å². The Bertz CT molecular complexity index is 496. The number of hydrogen-bond donors (Lipinski definition) is 1. The van der Waals surface area contributed by atoms with Crippen LogP contribution in [0.4, 0.5) is 0 Å². The maximum Gasteiger partial charge on any atom is 0.0753 e. The molecule has 0 radical (unpaired) electrons. The summed E-state index contributed by atoms with van der Waals surface area (Å²) in [6.45, 7) is 6.43. The lowest BCUT2D eigenvalue weighted by Crippen LogP contribution is -2.23. The van der Waals surface area contributed by atoms with Gasteiger partial charge in [0, 0.05) is 30.7 Å². The number of nitrogens with one attached hydrogen (secondary N) is 1. The van der Waals surface area contributed by atoms with Crippen LogP contribution in [0.3, 0.4) is 0 Å². The molecule has 2 rings (SSSR count). The molecule has 0 spiro atoms. The highest BCUT2D eigenvalue weighted by atomic mass is 15.0. The average Bonchev–Trinajstić information content (AvgIpc) is 2.40. The summed E-state index contributed by atoms with van der Waals surface area (Å²) in [4.78, 5) is 8.42. The van der Waals surface area contributed by atoms with Crippen LogP contribution in [0.1, 0.15) is 42.8 Å². The molecule has 1 aromatic carbocycles. The first kappa shape index (κ1) is 12.7. The Morgan fingerprint density at radius 2 is 1.83 bits per heavy atom. The Balaban J connectivity index is 2.08. The lowest BCUT2D eigenvalue weighted by Gasteiger charge is -2.21. The van der Waals surface area contributed by atoms with E-state index >= 15 is 0 Å². The molecule has 0 aliphatic carbocycles.